The number of nitrogens with one attached hydrogen (secondary N) is 1. The predicted octanol–water partition coefficient (Wildman–Crippen LogP) is 1.24. The van der Waals surface area contributed by atoms with Crippen LogP contribution in [0.5, 0.6) is 5.75 Å². The van der Waals surface area contributed by atoms with E-state index in [1.54, 1.807) is 12.3 Å². The minimum atomic E-state index is 0.133. The van der Waals surface area contributed by atoms with Crippen LogP contribution in [-0.4, -0.2) is 26.3 Å². The molecule has 0 aliphatic heterocycles. The van der Waals surface area contributed by atoms with Crippen molar-refractivity contribution in [2.24, 2.45) is 0 Å². The fraction of sp³-hybridized carbons (Fsp3) is 0.300. The zero-order chi connectivity index (χ0) is 11.5. The molecule has 6 nitrogen and oxygen atoms in total. The van der Waals surface area contributed by atoms with Crippen molar-refractivity contribution in [1.82, 2.24) is 20.2 Å². The van der Waals surface area contributed by atoms with Crippen LogP contribution in [0.3, 0.4) is 0 Å². The monoisotopic (exact) mass is 219 g/mol. The van der Waals surface area contributed by atoms with Crippen LogP contribution in [-0.2, 0) is 0 Å². The number of hydrogen-bond donors (Lipinski definition) is 2. The summed E-state index contributed by atoms with van der Waals surface area (Å²) in [6.07, 6.45) is 1.78. The number of anilines is 1. The molecule has 2 aromatic rings. The molecule has 0 aromatic carbocycles. The topological polar surface area (TPSA) is 89.7 Å². The minimum Gasteiger partial charge on any atom is -0.489 e. The largest absolute Gasteiger partial charge is 0.489 e. The van der Waals surface area contributed by atoms with Crippen molar-refractivity contribution < 1.29 is 4.74 Å². The van der Waals surface area contributed by atoms with Gasteiger partial charge < -0.3 is 10.5 Å². The Kier molecular flexibility index (Phi) is 2.72. The first-order valence-corrected chi connectivity index (χ1v) is 4.96. The van der Waals surface area contributed by atoms with Crippen molar-refractivity contribution >= 4 is 5.95 Å². The lowest BCUT2D eigenvalue weighted by Gasteiger charge is -2.08. The van der Waals surface area contributed by atoms with E-state index in [1.165, 1.54) is 0 Å². The van der Waals surface area contributed by atoms with Gasteiger partial charge in [0, 0.05) is 0 Å². The zero-order valence-corrected chi connectivity index (χ0v) is 9.14. The van der Waals surface area contributed by atoms with Gasteiger partial charge in [-0.2, -0.15) is 4.98 Å². The van der Waals surface area contributed by atoms with Crippen molar-refractivity contribution in [3.05, 3.63) is 18.3 Å². The summed E-state index contributed by atoms with van der Waals surface area (Å²) in [5, 5.41) is 6.43. The molecule has 84 valence electrons. The maximum atomic E-state index is 5.48. The van der Waals surface area contributed by atoms with Gasteiger partial charge in [0.1, 0.15) is 11.4 Å². The Morgan fingerprint density at radius 3 is 2.69 bits per heavy atom. The van der Waals surface area contributed by atoms with E-state index in [0.717, 1.165) is 5.75 Å². The van der Waals surface area contributed by atoms with Gasteiger partial charge in [-0.25, -0.2) is 4.98 Å². The van der Waals surface area contributed by atoms with Crippen LogP contribution >= 0.6 is 0 Å². The lowest BCUT2D eigenvalue weighted by molar-refractivity contribution is 0.241. The molecule has 0 spiro atoms. The molecule has 3 N–H and O–H groups in total. The molecule has 0 aliphatic carbocycles. The molecule has 0 bridgehead atoms. The van der Waals surface area contributed by atoms with Gasteiger partial charge in [0.2, 0.25) is 5.95 Å². The second-order valence-corrected chi connectivity index (χ2v) is 3.59. The van der Waals surface area contributed by atoms with Crippen LogP contribution in [0.1, 0.15) is 13.8 Å². The summed E-state index contributed by atoms with van der Waals surface area (Å²) in [7, 11) is 0. The van der Waals surface area contributed by atoms with Gasteiger partial charge in [-0.15, -0.1) is 5.10 Å². The lowest BCUT2D eigenvalue weighted by Crippen LogP contribution is -2.05. The van der Waals surface area contributed by atoms with Gasteiger partial charge in [-0.05, 0) is 26.0 Å². The highest BCUT2D eigenvalue weighted by Crippen LogP contribution is 2.16. The lowest BCUT2D eigenvalue weighted by atomic mass is 10.3. The van der Waals surface area contributed by atoms with E-state index in [-0.39, 0.29) is 12.1 Å². The standard InChI is InChI=1S/C10H13N5O/c1-6(2)16-7-3-4-8(12-5-7)9-13-10(11)15-14-9/h3-6H,1-2H3,(H3,11,13,14,15). The summed E-state index contributed by atoms with van der Waals surface area (Å²) in [5.74, 6) is 1.49. The minimum absolute atomic E-state index is 0.133. The number of aromatic nitrogens is 4. The SMILES string of the molecule is CC(C)Oc1ccc(-c2nc(N)n[nH]2)nc1. The number of nitrogens with two attached hydrogens (primary N) is 1. The maximum Gasteiger partial charge on any atom is 0.239 e. The van der Waals surface area contributed by atoms with E-state index in [4.69, 9.17) is 10.5 Å². The fourth-order valence-electron chi connectivity index (χ4n) is 1.25. The van der Waals surface area contributed by atoms with Gasteiger partial charge in [-0.3, -0.25) is 5.10 Å². The molecule has 6 heteroatoms. The quantitative estimate of drug-likeness (QED) is 0.810. The van der Waals surface area contributed by atoms with Crippen molar-refractivity contribution in [1.29, 1.82) is 0 Å². The molecule has 0 saturated carbocycles. The van der Waals surface area contributed by atoms with Gasteiger partial charge in [0.05, 0.1) is 12.3 Å². The highest BCUT2D eigenvalue weighted by atomic mass is 16.5. The second-order valence-electron chi connectivity index (χ2n) is 3.59. The van der Waals surface area contributed by atoms with E-state index >= 15 is 0 Å². The highest BCUT2D eigenvalue weighted by molar-refractivity contribution is 5.50. The fourth-order valence-corrected chi connectivity index (χ4v) is 1.25. The maximum absolute atomic E-state index is 5.48. The Balaban J connectivity index is 2.19. The second kappa shape index (κ2) is 4.18. The Hall–Kier alpha value is -2.11. The molecule has 2 heterocycles. The molecule has 0 radical (unpaired) electrons. The summed E-state index contributed by atoms with van der Waals surface area (Å²) >= 11 is 0. The summed E-state index contributed by atoms with van der Waals surface area (Å²) in [6, 6.07) is 3.64. The molecule has 2 aromatic heterocycles. The molecule has 0 atom stereocenters. The van der Waals surface area contributed by atoms with E-state index in [2.05, 4.69) is 20.2 Å². The molecule has 0 amide bonds. The number of nitrogen functional groups attached to an aromatic ring is 1. The van der Waals surface area contributed by atoms with E-state index in [1.807, 2.05) is 19.9 Å². The van der Waals surface area contributed by atoms with E-state index in [0.29, 0.717) is 11.5 Å². The number of rotatable bonds is 3. The first kappa shape index (κ1) is 10.4. The Morgan fingerprint density at radius 1 is 1.38 bits per heavy atom. The molecule has 0 aliphatic rings. The first-order chi connectivity index (χ1) is 7.65. The third-order valence-corrected chi connectivity index (χ3v) is 1.85. The molecular weight excluding hydrogens is 206 g/mol. The van der Waals surface area contributed by atoms with Gasteiger partial charge in [-0.1, -0.05) is 0 Å². The third-order valence-electron chi connectivity index (χ3n) is 1.85. The highest BCUT2D eigenvalue weighted by Gasteiger charge is 2.05. The van der Waals surface area contributed by atoms with E-state index in [9.17, 15) is 0 Å². The van der Waals surface area contributed by atoms with Crippen molar-refractivity contribution in [3.8, 4) is 17.3 Å². The van der Waals surface area contributed by atoms with Crippen LogP contribution in [0.25, 0.3) is 11.5 Å². The van der Waals surface area contributed by atoms with Crippen LogP contribution in [0, 0.1) is 0 Å². The number of nitrogens with zero attached hydrogens (tertiary/aromatic N) is 3. The molecule has 0 unspecified atom stereocenters. The summed E-state index contributed by atoms with van der Waals surface area (Å²) in [6.45, 7) is 3.93. The number of aromatic amines is 1. The zero-order valence-electron chi connectivity index (χ0n) is 9.14. The van der Waals surface area contributed by atoms with Gasteiger partial charge in [0.25, 0.3) is 0 Å². The summed E-state index contributed by atoms with van der Waals surface area (Å²) in [5.41, 5.74) is 6.09. The molecular formula is C10H13N5O. The van der Waals surface area contributed by atoms with Crippen LogP contribution in [0.2, 0.25) is 0 Å². The molecule has 16 heavy (non-hydrogen) atoms. The number of pyridine rings is 1. The van der Waals surface area contributed by atoms with Crippen molar-refractivity contribution in [3.63, 3.8) is 0 Å². The van der Waals surface area contributed by atoms with Crippen LogP contribution in [0.4, 0.5) is 5.95 Å². The average Bonchev–Trinajstić information content (AvgIpc) is 2.65. The van der Waals surface area contributed by atoms with Crippen LogP contribution in [0.15, 0.2) is 18.3 Å². The van der Waals surface area contributed by atoms with Gasteiger partial charge >= 0.3 is 0 Å². The number of hydrogen-bond acceptors (Lipinski definition) is 5. The number of H-pyrrole nitrogens is 1. The molecule has 2 rings (SSSR count). The molecule has 0 fully saturated rings. The first-order valence-electron chi connectivity index (χ1n) is 4.96. The predicted molar refractivity (Wildman–Crippen MR) is 59.8 cm³/mol. The van der Waals surface area contributed by atoms with Crippen molar-refractivity contribution in [2.75, 3.05) is 5.73 Å². The summed E-state index contributed by atoms with van der Waals surface area (Å²) < 4.78 is 5.48. The third kappa shape index (κ3) is 2.28. The average molecular weight is 219 g/mol. The van der Waals surface area contributed by atoms with Crippen LogP contribution < -0.4 is 10.5 Å². The Morgan fingerprint density at radius 2 is 2.19 bits per heavy atom. The van der Waals surface area contributed by atoms with Gasteiger partial charge in [0.15, 0.2) is 5.82 Å². The smallest absolute Gasteiger partial charge is 0.239 e. The molecule has 0 saturated heterocycles. The Bertz CT molecular complexity index is 462. The van der Waals surface area contributed by atoms with Crippen molar-refractivity contribution in [2.45, 2.75) is 20.0 Å². The summed E-state index contributed by atoms with van der Waals surface area (Å²) in [4.78, 5) is 8.18. The van der Waals surface area contributed by atoms with E-state index < -0.39 is 0 Å². The number of ether oxygens (including phenoxy) is 1. The Labute approximate surface area is 92.9 Å². The normalized spacial score (nSPS) is 10.7.